The number of rotatable bonds is 7. The number of likely N-dealkylation sites (tertiary alicyclic amines) is 1. The summed E-state index contributed by atoms with van der Waals surface area (Å²) >= 11 is 1.17. The molecule has 0 saturated carbocycles. The zero-order valence-corrected chi connectivity index (χ0v) is 17.6. The molecule has 0 bridgehead atoms. The lowest BCUT2D eigenvalue weighted by molar-refractivity contribution is -0.211. The van der Waals surface area contributed by atoms with E-state index in [0.29, 0.717) is 19.4 Å². The summed E-state index contributed by atoms with van der Waals surface area (Å²) in [5, 5.41) is 53.6. The second kappa shape index (κ2) is 10.0. The fourth-order valence-corrected chi connectivity index (χ4v) is 4.74. The van der Waals surface area contributed by atoms with Crippen LogP contribution in [-0.4, -0.2) is 110 Å². The fourth-order valence-electron chi connectivity index (χ4n) is 4.06. The number of nitrogens with zero attached hydrogens (tertiary/aromatic N) is 1. The lowest BCUT2D eigenvalue weighted by Crippen LogP contribution is -2.65. The molecule has 28 heavy (non-hydrogen) atoms. The van der Waals surface area contributed by atoms with Crippen LogP contribution in [-0.2, 0) is 9.53 Å². The van der Waals surface area contributed by atoms with Gasteiger partial charge in [-0.3, -0.25) is 9.69 Å². The van der Waals surface area contributed by atoms with Crippen molar-refractivity contribution >= 4 is 17.7 Å². The molecular formula is C18H34N2O7S. The molecule has 1 amide bonds. The van der Waals surface area contributed by atoms with Crippen LogP contribution in [0.2, 0.25) is 0 Å². The second-order valence-electron chi connectivity index (χ2n) is 7.88. The maximum Gasteiger partial charge on any atom is 0.237 e. The van der Waals surface area contributed by atoms with Crippen molar-refractivity contribution < 1.29 is 35.1 Å². The average molecular weight is 423 g/mol. The van der Waals surface area contributed by atoms with E-state index in [2.05, 4.69) is 5.32 Å². The highest BCUT2D eigenvalue weighted by Gasteiger charge is 2.48. The molecule has 2 fully saturated rings. The summed E-state index contributed by atoms with van der Waals surface area (Å²) in [5.41, 5.74) is -0.792. The largest absolute Gasteiger partial charge is 0.393 e. The van der Waals surface area contributed by atoms with Crippen molar-refractivity contribution in [3.63, 3.8) is 0 Å². The highest BCUT2D eigenvalue weighted by Crippen LogP contribution is 2.30. The van der Waals surface area contributed by atoms with Gasteiger partial charge >= 0.3 is 0 Å². The van der Waals surface area contributed by atoms with Gasteiger partial charge in [-0.15, -0.1) is 11.8 Å². The minimum Gasteiger partial charge on any atom is -0.393 e. The maximum absolute atomic E-state index is 12.9. The minimum absolute atomic E-state index is 0.00916. The van der Waals surface area contributed by atoms with Gasteiger partial charge in [0.05, 0.1) is 24.3 Å². The van der Waals surface area contributed by atoms with E-state index in [0.717, 1.165) is 0 Å². The Morgan fingerprint density at radius 2 is 1.89 bits per heavy atom. The Bertz CT molecular complexity index is 524. The minimum atomic E-state index is -1.46. The Morgan fingerprint density at radius 1 is 1.25 bits per heavy atom. The quantitative estimate of drug-likeness (QED) is 0.278. The molecule has 10 atom stereocenters. The number of aliphatic hydroxyl groups is 5. The molecule has 1 unspecified atom stereocenters. The molecule has 2 heterocycles. The van der Waals surface area contributed by atoms with Crippen LogP contribution in [0, 0.1) is 5.92 Å². The van der Waals surface area contributed by atoms with Gasteiger partial charge in [0.15, 0.2) is 0 Å². The second-order valence-corrected chi connectivity index (χ2v) is 8.81. The zero-order chi connectivity index (χ0) is 21.2. The van der Waals surface area contributed by atoms with Crippen molar-refractivity contribution in [2.75, 3.05) is 19.8 Å². The number of hydrogen-bond donors (Lipinski definition) is 6. The van der Waals surface area contributed by atoms with E-state index >= 15 is 0 Å². The van der Waals surface area contributed by atoms with Gasteiger partial charge in [-0.1, -0.05) is 6.92 Å². The molecule has 2 aliphatic rings. The van der Waals surface area contributed by atoms with E-state index in [-0.39, 0.29) is 11.8 Å². The molecule has 2 rings (SSSR count). The van der Waals surface area contributed by atoms with E-state index in [4.69, 9.17) is 4.74 Å². The first-order chi connectivity index (χ1) is 13.1. The van der Waals surface area contributed by atoms with E-state index in [1.54, 1.807) is 13.3 Å². The number of aliphatic hydroxyl groups excluding tert-OH is 5. The van der Waals surface area contributed by atoms with Crippen molar-refractivity contribution in [2.24, 2.45) is 5.92 Å². The lowest BCUT2D eigenvalue weighted by atomic mass is 9.91. The van der Waals surface area contributed by atoms with Crippen molar-refractivity contribution in [1.82, 2.24) is 10.2 Å². The average Bonchev–Trinajstić information content (AvgIpc) is 3.05. The standard InChI is InChI=1S/C18H34N2O7S/c1-5-11(22)9-6-10(20(3)7-9)17(26)19-12(8(2)21)16-14(24)13(23)15(25)18(27-16)28-4/h8-16,18,21-25H,5-7H2,1-4H3,(H,19,26)/t8-,9-,10+,11?,12-,13+,14-,15-,16-,18-/m1/s1. The van der Waals surface area contributed by atoms with Gasteiger partial charge in [0, 0.05) is 6.54 Å². The van der Waals surface area contributed by atoms with Gasteiger partial charge in [0.1, 0.15) is 29.9 Å². The highest BCUT2D eigenvalue weighted by atomic mass is 32.2. The molecule has 2 saturated heterocycles. The maximum atomic E-state index is 12.9. The fraction of sp³-hybridized carbons (Fsp3) is 0.944. The first-order valence-corrected chi connectivity index (χ1v) is 11.0. The van der Waals surface area contributed by atoms with Crippen LogP contribution in [0.25, 0.3) is 0 Å². The monoisotopic (exact) mass is 422 g/mol. The van der Waals surface area contributed by atoms with E-state index in [1.165, 1.54) is 18.7 Å². The summed E-state index contributed by atoms with van der Waals surface area (Å²) < 4.78 is 5.70. The highest BCUT2D eigenvalue weighted by molar-refractivity contribution is 7.99. The molecule has 0 radical (unpaired) electrons. The Morgan fingerprint density at radius 3 is 2.43 bits per heavy atom. The third-order valence-corrected chi connectivity index (χ3v) is 6.72. The van der Waals surface area contributed by atoms with Crippen molar-refractivity contribution in [2.45, 2.75) is 80.8 Å². The summed E-state index contributed by atoms with van der Waals surface area (Å²) in [7, 11) is 1.81. The summed E-state index contributed by atoms with van der Waals surface area (Å²) in [4.78, 5) is 14.7. The Labute approximate surface area is 170 Å². The number of carbonyl (C=O) groups is 1. The van der Waals surface area contributed by atoms with E-state index in [1.807, 2.05) is 11.8 Å². The number of thioether (sulfide) groups is 1. The number of amides is 1. The zero-order valence-electron chi connectivity index (χ0n) is 16.8. The molecule has 0 aromatic heterocycles. The number of likely N-dealkylation sites (N-methyl/N-ethyl adjacent to an activating group) is 1. The van der Waals surface area contributed by atoms with Gasteiger partial charge in [-0.05, 0) is 39.0 Å². The molecule has 0 aromatic carbocycles. The van der Waals surface area contributed by atoms with Crippen LogP contribution < -0.4 is 5.32 Å². The van der Waals surface area contributed by atoms with Crippen molar-refractivity contribution in [1.29, 1.82) is 0 Å². The lowest BCUT2D eigenvalue weighted by Gasteiger charge is -2.44. The SMILES string of the molecule is CCC(O)[C@@H]1C[C@@H](C(=O)N[C@@H]([C@H]2O[C@H](SC)[C@H](O)[C@@H](O)[C@H]2O)[C@@H](C)O)N(C)C1. The summed E-state index contributed by atoms with van der Waals surface area (Å²) in [6, 6.07) is -1.44. The molecule has 164 valence electrons. The first-order valence-electron chi connectivity index (χ1n) is 9.71. The molecule has 9 nitrogen and oxygen atoms in total. The molecule has 0 aliphatic carbocycles. The number of hydrogen-bond acceptors (Lipinski definition) is 9. The van der Waals surface area contributed by atoms with Crippen LogP contribution in [0.4, 0.5) is 0 Å². The van der Waals surface area contributed by atoms with Crippen molar-refractivity contribution in [3.8, 4) is 0 Å². The smallest absolute Gasteiger partial charge is 0.237 e. The van der Waals surface area contributed by atoms with Crippen LogP contribution in [0.3, 0.4) is 0 Å². The molecule has 0 aromatic rings. The van der Waals surface area contributed by atoms with Gasteiger partial charge in [-0.2, -0.15) is 0 Å². The van der Waals surface area contributed by atoms with Gasteiger partial charge in [0.2, 0.25) is 5.91 Å². The number of ether oxygens (including phenoxy) is 1. The van der Waals surface area contributed by atoms with E-state index < -0.39 is 54.1 Å². The topological polar surface area (TPSA) is 143 Å². The molecule has 2 aliphatic heterocycles. The summed E-state index contributed by atoms with van der Waals surface area (Å²) in [5.74, 6) is -0.346. The summed E-state index contributed by atoms with van der Waals surface area (Å²) in [6.45, 7) is 3.95. The van der Waals surface area contributed by atoms with Crippen LogP contribution >= 0.6 is 11.8 Å². The normalized spacial score (nSPS) is 40.1. The van der Waals surface area contributed by atoms with Gasteiger partial charge < -0.3 is 35.6 Å². The van der Waals surface area contributed by atoms with E-state index in [9.17, 15) is 30.3 Å². The predicted octanol–water partition coefficient (Wildman–Crippen LogP) is -1.89. The Balaban J connectivity index is 2.11. The molecule has 6 N–H and O–H groups in total. The summed E-state index contributed by atoms with van der Waals surface area (Å²) in [6.07, 6.45) is -4.01. The third kappa shape index (κ3) is 4.99. The van der Waals surface area contributed by atoms with Crippen LogP contribution in [0.15, 0.2) is 0 Å². The molecule has 10 heteroatoms. The van der Waals surface area contributed by atoms with Crippen molar-refractivity contribution in [3.05, 3.63) is 0 Å². The predicted molar refractivity (Wildman–Crippen MR) is 105 cm³/mol. The third-order valence-electron chi connectivity index (χ3n) is 5.87. The number of carbonyl (C=O) groups excluding carboxylic acids is 1. The Kier molecular flexibility index (Phi) is 8.53. The Hall–Kier alpha value is -0.460. The van der Waals surface area contributed by atoms with Gasteiger partial charge in [-0.25, -0.2) is 0 Å². The molecule has 0 spiro atoms. The van der Waals surface area contributed by atoms with Crippen LogP contribution in [0.5, 0.6) is 0 Å². The first kappa shape index (κ1) is 23.8. The number of nitrogens with one attached hydrogen (secondary N) is 1. The molecular weight excluding hydrogens is 388 g/mol. The van der Waals surface area contributed by atoms with Crippen LogP contribution in [0.1, 0.15) is 26.7 Å². The van der Waals surface area contributed by atoms with Gasteiger partial charge in [0.25, 0.3) is 0 Å².